The molecule has 0 radical (unpaired) electrons. The number of benzene rings is 2. The number of ether oxygens (including phenoxy) is 2. The second-order valence-electron chi connectivity index (χ2n) is 4.98. The predicted molar refractivity (Wildman–Crippen MR) is 97.6 cm³/mol. The molecule has 4 nitrogen and oxygen atoms in total. The van der Waals surface area contributed by atoms with Crippen LogP contribution in [0.4, 0.5) is 0 Å². The van der Waals surface area contributed by atoms with Gasteiger partial charge in [-0.25, -0.2) is 4.98 Å². The van der Waals surface area contributed by atoms with E-state index in [1.807, 2.05) is 41.8 Å². The maximum absolute atomic E-state index is 12.0. The normalized spacial score (nSPS) is 10.4. The molecule has 0 saturated carbocycles. The van der Waals surface area contributed by atoms with Gasteiger partial charge in [0.1, 0.15) is 16.5 Å². The van der Waals surface area contributed by atoms with E-state index < -0.39 is 0 Å². The Labute approximate surface area is 152 Å². The molecule has 0 aliphatic carbocycles. The van der Waals surface area contributed by atoms with Gasteiger partial charge in [-0.05, 0) is 48.5 Å². The van der Waals surface area contributed by atoms with Crippen LogP contribution < -0.4 is 9.47 Å². The monoisotopic (exact) mass is 403 g/mol. The Morgan fingerprint density at radius 2 is 1.75 bits per heavy atom. The molecular weight excluding hydrogens is 390 g/mol. The van der Waals surface area contributed by atoms with Crippen molar-refractivity contribution in [3.05, 3.63) is 64.1 Å². The standard InChI is InChI=1S/C18H14BrNO3S/c1-22-15-6-2-12(3-7-15)18-20-14(11-24-18)10-17(21)23-16-8-4-13(19)5-9-16/h2-9,11H,10H2,1H3. The molecule has 0 spiro atoms. The lowest BCUT2D eigenvalue weighted by Gasteiger charge is -2.03. The largest absolute Gasteiger partial charge is 0.497 e. The number of methoxy groups -OCH3 is 1. The first-order valence-electron chi connectivity index (χ1n) is 7.19. The third-order valence-electron chi connectivity index (χ3n) is 3.26. The Bertz CT molecular complexity index is 828. The van der Waals surface area contributed by atoms with Crippen molar-refractivity contribution in [1.82, 2.24) is 4.98 Å². The van der Waals surface area contributed by atoms with Crippen LogP contribution in [-0.4, -0.2) is 18.1 Å². The fraction of sp³-hybridized carbons (Fsp3) is 0.111. The quantitative estimate of drug-likeness (QED) is 0.456. The molecule has 1 aromatic heterocycles. The van der Waals surface area contributed by atoms with E-state index in [9.17, 15) is 4.79 Å². The van der Waals surface area contributed by atoms with Gasteiger partial charge in [-0.2, -0.15) is 0 Å². The summed E-state index contributed by atoms with van der Waals surface area (Å²) in [6, 6.07) is 14.8. The number of hydrogen-bond acceptors (Lipinski definition) is 5. The van der Waals surface area contributed by atoms with Crippen molar-refractivity contribution in [1.29, 1.82) is 0 Å². The minimum Gasteiger partial charge on any atom is -0.497 e. The van der Waals surface area contributed by atoms with Crippen molar-refractivity contribution in [2.24, 2.45) is 0 Å². The van der Waals surface area contributed by atoms with Crippen molar-refractivity contribution in [3.8, 4) is 22.1 Å². The van der Waals surface area contributed by atoms with Crippen molar-refractivity contribution in [2.75, 3.05) is 7.11 Å². The summed E-state index contributed by atoms with van der Waals surface area (Å²) >= 11 is 4.84. The van der Waals surface area contributed by atoms with E-state index in [-0.39, 0.29) is 12.4 Å². The summed E-state index contributed by atoms with van der Waals surface area (Å²) in [5, 5.41) is 2.74. The lowest BCUT2D eigenvalue weighted by molar-refractivity contribution is -0.133. The summed E-state index contributed by atoms with van der Waals surface area (Å²) in [5.74, 6) is 0.992. The van der Waals surface area contributed by atoms with Gasteiger partial charge in [0.15, 0.2) is 0 Å². The SMILES string of the molecule is COc1ccc(-c2nc(CC(=O)Oc3ccc(Br)cc3)cs2)cc1. The van der Waals surface area contributed by atoms with Crippen LogP contribution >= 0.6 is 27.3 Å². The molecule has 0 N–H and O–H groups in total. The van der Waals surface area contributed by atoms with E-state index >= 15 is 0 Å². The predicted octanol–water partition coefficient (Wildman–Crippen LogP) is 4.73. The number of thiazole rings is 1. The van der Waals surface area contributed by atoms with Crippen LogP contribution in [0.25, 0.3) is 10.6 Å². The van der Waals surface area contributed by atoms with Gasteiger partial charge >= 0.3 is 5.97 Å². The fourth-order valence-electron chi connectivity index (χ4n) is 2.07. The topological polar surface area (TPSA) is 48.4 Å². The number of hydrogen-bond donors (Lipinski definition) is 0. The average Bonchev–Trinajstić information content (AvgIpc) is 3.05. The molecule has 0 unspecified atom stereocenters. The van der Waals surface area contributed by atoms with E-state index in [0.717, 1.165) is 20.8 Å². The highest BCUT2D eigenvalue weighted by molar-refractivity contribution is 9.10. The Balaban J connectivity index is 1.64. The van der Waals surface area contributed by atoms with Crippen molar-refractivity contribution < 1.29 is 14.3 Å². The maximum atomic E-state index is 12.0. The molecule has 0 amide bonds. The van der Waals surface area contributed by atoms with E-state index in [1.165, 1.54) is 11.3 Å². The molecule has 0 saturated heterocycles. The summed E-state index contributed by atoms with van der Waals surface area (Å²) in [5.41, 5.74) is 1.70. The van der Waals surface area contributed by atoms with Gasteiger partial charge in [-0.1, -0.05) is 15.9 Å². The summed E-state index contributed by atoms with van der Waals surface area (Å²) < 4.78 is 11.4. The molecule has 1 heterocycles. The molecule has 0 atom stereocenters. The van der Waals surface area contributed by atoms with Crippen LogP contribution in [0.3, 0.4) is 0 Å². The highest BCUT2D eigenvalue weighted by Crippen LogP contribution is 2.26. The molecule has 0 aliphatic rings. The molecule has 2 aromatic carbocycles. The van der Waals surface area contributed by atoms with Crippen LogP contribution in [0.2, 0.25) is 0 Å². The zero-order valence-corrected chi connectivity index (χ0v) is 15.3. The highest BCUT2D eigenvalue weighted by atomic mass is 79.9. The Morgan fingerprint density at radius 3 is 2.42 bits per heavy atom. The number of aromatic nitrogens is 1. The lowest BCUT2D eigenvalue weighted by Crippen LogP contribution is -2.11. The van der Waals surface area contributed by atoms with Crippen molar-refractivity contribution in [2.45, 2.75) is 6.42 Å². The van der Waals surface area contributed by atoms with Crippen molar-refractivity contribution in [3.63, 3.8) is 0 Å². The summed E-state index contributed by atoms with van der Waals surface area (Å²) in [6.07, 6.45) is 0.142. The number of esters is 1. The fourth-order valence-corrected chi connectivity index (χ4v) is 3.16. The summed E-state index contributed by atoms with van der Waals surface area (Å²) in [4.78, 5) is 16.5. The Kier molecular flexibility index (Phi) is 5.27. The molecule has 6 heteroatoms. The van der Waals surface area contributed by atoms with Gasteiger partial charge in [0.05, 0.1) is 19.2 Å². The van der Waals surface area contributed by atoms with Gasteiger partial charge in [-0.3, -0.25) is 4.79 Å². The minimum absolute atomic E-state index is 0.142. The molecule has 0 fully saturated rings. The highest BCUT2D eigenvalue weighted by Gasteiger charge is 2.11. The number of nitrogens with zero attached hydrogens (tertiary/aromatic N) is 1. The van der Waals surface area contributed by atoms with Crippen LogP contribution in [0.5, 0.6) is 11.5 Å². The minimum atomic E-state index is -0.330. The Hall–Kier alpha value is -2.18. The van der Waals surface area contributed by atoms with Crippen LogP contribution in [0.15, 0.2) is 58.4 Å². The van der Waals surface area contributed by atoms with Gasteiger partial charge in [0.2, 0.25) is 0 Å². The molecule has 24 heavy (non-hydrogen) atoms. The first-order valence-corrected chi connectivity index (χ1v) is 8.86. The van der Waals surface area contributed by atoms with Gasteiger partial charge in [0.25, 0.3) is 0 Å². The average molecular weight is 404 g/mol. The number of carbonyl (C=O) groups is 1. The zero-order chi connectivity index (χ0) is 16.9. The van der Waals surface area contributed by atoms with Crippen LogP contribution in [0, 0.1) is 0 Å². The van der Waals surface area contributed by atoms with E-state index in [4.69, 9.17) is 9.47 Å². The molecule has 122 valence electrons. The summed E-state index contributed by atoms with van der Waals surface area (Å²) in [7, 11) is 1.63. The molecule has 0 aliphatic heterocycles. The second kappa shape index (κ2) is 7.59. The third-order valence-corrected chi connectivity index (χ3v) is 4.73. The van der Waals surface area contributed by atoms with E-state index in [1.54, 1.807) is 19.2 Å². The first kappa shape index (κ1) is 16.7. The number of rotatable bonds is 5. The second-order valence-corrected chi connectivity index (χ2v) is 6.75. The first-order chi connectivity index (χ1) is 11.6. The maximum Gasteiger partial charge on any atom is 0.317 e. The number of carbonyl (C=O) groups excluding carboxylic acids is 1. The summed E-state index contributed by atoms with van der Waals surface area (Å²) in [6.45, 7) is 0. The third kappa shape index (κ3) is 4.21. The molecule has 3 aromatic rings. The molecule has 3 rings (SSSR count). The lowest BCUT2D eigenvalue weighted by atomic mass is 10.2. The molecule has 0 bridgehead atoms. The van der Waals surface area contributed by atoms with Crippen LogP contribution in [-0.2, 0) is 11.2 Å². The van der Waals surface area contributed by atoms with Crippen molar-refractivity contribution >= 4 is 33.2 Å². The molecular formula is C18H14BrNO3S. The van der Waals surface area contributed by atoms with Crippen LogP contribution in [0.1, 0.15) is 5.69 Å². The van der Waals surface area contributed by atoms with Gasteiger partial charge in [0, 0.05) is 15.4 Å². The Morgan fingerprint density at radius 1 is 1.08 bits per heavy atom. The van der Waals surface area contributed by atoms with Gasteiger partial charge < -0.3 is 9.47 Å². The number of halogens is 1. The zero-order valence-electron chi connectivity index (χ0n) is 12.9. The van der Waals surface area contributed by atoms with Gasteiger partial charge in [-0.15, -0.1) is 11.3 Å². The van der Waals surface area contributed by atoms with E-state index in [2.05, 4.69) is 20.9 Å². The smallest absolute Gasteiger partial charge is 0.317 e. The van der Waals surface area contributed by atoms with E-state index in [0.29, 0.717) is 11.4 Å².